The van der Waals surface area contributed by atoms with Crippen molar-refractivity contribution in [3.8, 4) is 11.4 Å². The van der Waals surface area contributed by atoms with Gasteiger partial charge in [0.25, 0.3) is 5.56 Å². The van der Waals surface area contributed by atoms with Crippen LogP contribution in [0.2, 0.25) is 0 Å². The van der Waals surface area contributed by atoms with E-state index < -0.39 is 0 Å². The standard InChI is InChI=1S/C12H9BrN4O/c1-7-9(13)8(11-14-3-2-4-15-11)10-12(18)16-5-6-17(7)10/h2-6H,1H3,(H,16,18). The van der Waals surface area contributed by atoms with Crippen LogP contribution in [0.15, 0.2) is 40.1 Å². The summed E-state index contributed by atoms with van der Waals surface area (Å²) in [5, 5.41) is 0. The minimum absolute atomic E-state index is 0.159. The maximum Gasteiger partial charge on any atom is 0.273 e. The third-order valence-electron chi connectivity index (χ3n) is 2.82. The molecule has 18 heavy (non-hydrogen) atoms. The van der Waals surface area contributed by atoms with Gasteiger partial charge >= 0.3 is 0 Å². The molecule has 0 aliphatic carbocycles. The first kappa shape index (κ1) is 11.2. The topological polar surface area (TPSA) is 63.0 Å². The minimum atomic E-state index is -0.159. The largest absolute Gasteiger partial charge is 0.326 e. The monoisotopic (exact) mass is 304 g/mol. The Labute approximate surface area is 111 Å². The average Bonchev–Trinajstić information content (AvgIpc) is 2.65. The van der Waals surface area contributed by atoms with Crippen molar-refractivity contribution in [3.63, 3.8) is 0 Å². The summed E-state index contributed by atoms with van der Waals surface area (Å²) in [7, 11) is 0. The molecule has 0 radical (unpaired) electrons. The molecule has 0 aliphatic heterocycles. The molecule has 5 nitrogen and oxygen atoms in total. The van der Waals surface area contributed by atoms with Gasteiger partial charge in [0.1, 0.15) is 5.52 Å². The van der Waals surface area contributed by atoms with Crippen molar-refractivity contribution in [3.05, 3.63) is 51.4 Å². The van der Waals surface area contributed by atoms with Crippen LogP contribution in [0.4, 0.5) is 0 Å². The van der Waals surface area contributed by atoms with E-state index in [9.17, 15) is 4.79 Å². The Morgan fingerprint density at radius 1 is 1.33 bits per heavy atom. The molecule has 0 atom stereocenters. The second-order valence-corrected chi connectivity index (χ2v) is 4.65. The van der Waals surface area contributed by atoms with E-state index in [4.69, 9.17) is 0 Å². The molecule has 0 saturated heterocycles. The molecular formula is C12H9BrN4O. The minimum Gasteiger partial charge on any atom is -0.326 e. The van der Waals surface area contributed by atoms with Crippen molar-refractivity contribution in [1.82, 2.24) is 19.4 Å². The first-order chi connectivity index (χ1) is 8.70. The van der Waals surface area contributed by atoms with Gasteiger partial charge in [-0.15, -0.1) is 0 Å². The van der Waals surface area contributed by atoms with Crippen LogP contribution in [0.25, 0.3) is 16.9 Å². The number of H-pyrrole nitrogens is 1. The Bertz CT molecular complexity index is 776. The molecule has 0 amide bonds. The van der Waals surface area contributed by atoms with Crippen LogP contribution in [-0.2, 0) is 0 Å². The number of aryl methyl sites for hydroxylation is 1. The number of rotatable bonds is 1. The van der Waals surface area contributed by atoms with E-state index in [-0.39, 0.29) is 5.56 Å². The quantitative estimate of drug-likeness (QED) is 0.749. The van der Waals surface area contributed by atoms with Crippen LogP contribution in [0.5, 0.6) is 0 Å². The van der Waals surface area contributed by atoms with Crippen molar-refractivity contribution in [1.29, 1.82) is 0 Å². The van der Waals surface area contributed by atoms with Gasteiger partial charge in [0.05, 0.1) is 10.0 Å². The molecule has 3 aromatic rings. The zero-order chi connectivity index (χ0) is 12.7. The van der Waals surface area contributed by atoms with Crippen LogP contribution in [0.1, 0.15) is 5.69 Å². The van der Waals surface area contributed by atoms with Crippen LogP contribution >= 0.6 is 15.9 Å². The Morgan fingerprint density at radius 3 is 2.78 bits per heavy atom. The summed E-state index contributed by atoms with van der Waals surface area (Å²) in [4.78, 5) is 23.1. The van der Waals surface area contributed by atoms with E-state index in [1.807, 2.05) is 17.5 Å². The summed E-state index contributed by atoms with van der Waals surface area (Å²) >= 11 is 3.51. The number of nitrogens with one attached hydrogen (secondary N) is 1. The molecule has 90 valence electrons. The van der Waals surface area contributed by atoms with Crippen molar-refractivity contribution in [2.45, 2.75) is 6.92 Å². The molecule has 0 aliphatic rings. The van der Waals surface area contributed by atoms with E-state index >= 15 is 0 Å². The molecule has 1 N–H and O–H groups in total. The van der Waals surface area contributed by atoms with Gasteiger partial charge in [-0.1, -0.05) is 0 Å². The number of halogens is 1. The Kier molecular flexibility index (Phi) is 2.52. The number of nitrogens with zero attached hydrogens (tertiary/aromatic N) is 3. The van der Waals surface area contributed by atoms with E-state index in [2.05, 4.69) is 30.9 Å². The number of hydrogen-bond acceptors (Lipinski definition) is 3. The molecule has 0 spiro atoms. The van der Waals surface area contributed by atoms with Crippen molar-refractivity contribution in [2.75, 3.05) is 0 Å². The van der Waals surface area contributed by atoms with Gasteiger partial charge in [0.2, 0.25) is 0 Å². The zero-order valence-electron chi connectivity index (χ0n) is 9.51. The lowest BCUT2D eigenvalue weighted by Crippen LogP contribution is -2.09. The van der Waals surface area contributed by atoms with Crippen LogP contribution in [0, 0.1) is 6.92 Å². The van der Waals surface area contributed by atoms with Crippen molar-refractivity contribution < 1.29 is 0 Å². The average molecular weight is 305 g/mol. The van der Waals surface area contributed by atoms with Crippen LogP contribution in [0.3, 0.4) is 0 Å². The number of hydrogen-bond donors (Lipinski definition) is 1. The molecule has 0 saturated carbocycles. The summed E-state index contributed by atoms with van der Waals surface area (Å²) in [5.41, 5.74) is 2.05. The second kappa shape index (κ2) is 4.06. The Balaban J connectivity index is 2.50. The summed E-state index contributed by atoms with van der Waals surface area (Å²) < 4.78 is 2.67. The second-order valence-electron chi connectivity index (χ2n) is 3.85. The molecule has 6 heteroatoms. The summed E-state index contributed by atoms with van der Waals surface area (Å²) in [6.07, 6.45) is 6.74. The highest BCUT2D eigenvalue weighted by atomic mass is 79.9. The first-order valence-electron chi connectivity index (χ1n) is 5.35. The highest BCUT2D eigenvalue weighted by Gasteiger charge is 2.19. The zero-order valence-corrected chi connectivity index (χ0v) is 11.1. The fourth-order valence-corrected chi connectivity index (χ4v) is 2.53. The number of aromatic nitrogens is 4. The predicted molar refractivity (Wildman–Crippen MR) is 71.5 cm³/mol. The van der Waals surface area contributed by atoms with Crippen molar-refractivity contribution >= 4 is 21.4 Å². The Hall–Kier alpha value is -1.95. The fraction of sp³-hybridized carbons (Fsp3) is 0.0833. The molecule has 0 bridgehead atoms. The number of fused-ring (bicyclic) bond motifs is 1. The lowest BCUT2D eigenvalue weighted by atomic mass is 10.2. The van der Waals surface area contributed by atoms with Crippen LogP contribution in [-0.4, -0.2) is 19.4 Å². The molecule has 3 heterocycles. The van der Waals surface area contributed by atoms with Gasteiger partial charge in [0, 0.05) is 30.5 Å². The SMILES string of the molecule is Cc1c(Br)c(-c2ncccn2)c2c(=O)[nH]ccn12. The molecule has 0 aromatic carbocycles. The molecule has 3 rings (SSSR count). The van der Waals surface area contributed by atoms with E-state index in [1.54, 1.807) is 24.7 Å². The lowest BCUT2D eigenvalue weighted by Gasteiger charge is -1.98. The molecule has 0 unspecified atom stereocenters. The van der Waals surface area contributed by atoms with E-state index in [0.717, 1.165) is 15.7 Å². The maximum atomic E-state index is 12.0. The maximum absolute atomic E-state index is 12.0. The summed E-state index contributed by atoms with van der Waals surface area (Å²) in [6, 6.07) is 1.74. The lowest BCUT2D eigenvalue weighted by molar-refractivity contribution is 1.05. The van der Waals surface area contributed by atoms with Gasteiger partial charge in [0.15, 0.2) is 5.82 Å². The van der Waals surface area contributed by atoms with E-state index in [1.165, 1.54) is 0 Å². The van der Waals surface area contributed by atoms with E-state index in [0.29, 0.717) is 11.3 Å². The smallest absolute Gasteiger partial charge is 0.273 e. The summed E-state index contributed by atoms with van der Waals surface area (Å²) in [6.45, 7) is 1.93. The van der Waals surface area contributed by atoms with Crippen LogP contribution < -0.4 is 5.56 Å². The molecule has 3 aromatic heterocycles. The third-order valence-corrected chi connectivity index (χ3v) is 3.79. The summed E-state index contributed by atoms with van der Waals surface area (Å²) in [5.74, 6) is 0.534. The van der Waals surface area contributed by atoms with Gasteiger partial charge in [-0.2, -0.15) is 0 Å². The molecular weight excluding hydrogens is 296 g/mol. The normalized spacial score (nSPS) is 11.0. The van der Waals surface area contributed by atoms with Gasteiger partial charge in [-0.05, 0) is 28.9 Å². The molecule has 0 fully saturated rings. The van der Waals surface area contributed by atoms with Gasteiger partial charge in [-0.25, -0.2) is 9.97 Å². The third kappa shape index (κ3) is 1.49. The predicted octanol–water partition coefficient (Wildman–Crippen LogP) is 2.16. The first-order valence-corrected chi connectivity index (χ1v) is 6.14. The van der Waals surface area contributed by atoms with Crippen molar-refractivity contribution in [2.24, 2.45) is 0 Å². The van der Waals surface area contributed by atoms with Gasteiger partial charge < -0.3 is 9.38 Å². The fourth-order valence-electron chi connectivity index (χ4n) is 1.98. The van der Waals surface area contributed by atoms with Gasteiger partial charge in [-0.3, -0.25) is 4.79 Å². The highest BCUT2D eigenvalue weighted by Crippen LogP contribution is 2.33. The Morgan fingerprint density at radius 2 is 2.06 bits per heavy atom. The number of aromatic amines is 1. The highest BCUT2D eigenvalue weighted by molar-refractivity contribution is 9.10.